The molecule has 4 aromatic rings. The molecule has 0 aliphatic heterocycles. The summed E-state index contributed by atoms with van der Waals surface area (Å²) in [6.45, 7) is 0.121. The Balaban J connectivity index is 1.13. The quantitative estimate of drug-likeness (QED) is 0.159. The first-order valence-electron chi connectivity index (χ1n) is 12.9. The van der Waals surface area contributed by atoms with Gasteiger partial charge in [-0.05, 0) is 46.0 Å². The molecular weight excluding hydrogens is 590 g/mol. The molecule has 8 nitrogen and oxygen atoms in total. The van der Waals surface area contributed by atoms with Crippen molar-refractivity contribution in [2.45, 2.75) is 25.0 Å². The summed E-state index contributed by atoms with van der Waals surface area (Å²) in [5.74, 6) is -1.10. The first-order valence-corrected chi connectivity index (χ1v) is 13.7. The number of benzene rings is 4. The molecule has 0 fully saturated rings. The Morgan fingerprint density at radius 1 is 0.805 bits per heavy atom. The van der Waals surface area contributed by atoms with E-state index in [0.717, 1.165) is 32.3 Å². The number of carboxylic acids is 1. The van der Waals surface area contributed by atoms with Gasteiger partial charge in [-0.25, -0.2) is 14.4 Å². The first kappa shape index (κ1) is 27.9. The molecule has 41 heavy (non-hydrogen) atoms. The average molecular weight is 616 g/mol. The lowest BCUT2D eigenvalue weighted by Crippen LogP contribution is -2.42. The number of nitrogens with one attached hydrogen (secondary N) is 1. The molecule has 9 heteroatoms. The number of rotatable bonds is 9. The predicted molar refractivity (Wildman–Crippen MR) is 155 cm³/mol. The lowest BCUT2D eigenvalue weighted by atomic mass is 9.98. The fourth-order valence-electron chi connectivity index (χ4n) is 4.79. The predicted octanol–water partition coefficient (Wildman–Crippen LogP) is 6.70. The van der Waals surface area contributed by atoms with Crippen molar-refractivity contribution in [3.05, 3.63) is 124 Å². The number of ether oxygens (including phenoxy) is 3. The zero-order chi connectivity index (χ0) is 28.8. The van der Waals surface area contributed by atoms with Gasteiger partial charge >= 0.3 is 18.2 Å². The number of hydrogen-bond acceptors (Lipinski definition) is 6. The Kier molecular flexibility index (Phi) is 8.64. The van der Waals surface area contributed by atoms with E-state index in [1.807, 2.05) is 72.8 Å². The molecule has 0 heterocycles. The van der Waals surface area contributed by atoms with Crippen LogP contribution in [0.4, 0.5) is 9.59 Å². The molecular formula is C32H26BrNO7. The Bertz CT molecular complexity index is 1530. The van der Waals surface area contributed by atoms with Gasteiger partial charge in [0, 0.05) is 22.4 Å². The Hall–Kier alpha value is -4.63. The second kappa shape index (κ2) is 12.7. The normalized spacial score (nSPS) is 12.5. The molecule has 1 atom stereocenters. The summed E-state index contributed by atoms with van der Waals surface area (Å²) in [4.78, 5) is 36.6. The van der Waals surface area contributed by atoms with Gasteiger partial charge in [-0.2, -0.15) is 0 Å². The third-order valence-corrected chi connectivity index (χ3v) is 7.58. The fourth-order valence-corrected chi connectivity index (χ4v) is 5.19. The molecule has 0 radical (unpaired) electrons. The topological polar surface area (TPSA) is 111 Å². The monoisotopic (exact) mass is 615 g/mol. The maximum atomic E-state index is 12.6. The van der Waals surface area contributed by atoms with Crippen LogP contribution in [-0.4, -0.2) is 36.0 Å². The molecule has 0 aromatic heterocycles. The molecule has 0 spiro atoms. The number of alkyl carbamates (subject to hydrolysis) is 1. The van der Waals surface area contributed by atoms with Gasteiger partial charge in [0.1, 0.15) is 25.0 Å². The van der Waals surface area contributed by atoms with Crippen LogP contribution in [0.3, 0.4) is 0 Å². The van der Waals surface area contributed by atoms with Crippen LogP contribution in [0.5, 0.6) is 5.75 Å². The van der Waals surface area contributed by atoms with Crippen molar-refractivity contribution >= 4 is 34.1 Å². The molecule has 0 bridgehead atoms. The van der Waals surface area contributed by atoms with Crippen LogP contribution in [0, 0.1) is 0 Å². The van der Waals surface area contributed by atoms with Crippen molar-refractivity contribution in [2.24, 2.45) is 0 Å². The van der Waals surface area contributed by atoms with E-state index in [-0.39, 0.29) is 31.3 Å². The van der Waals surface area contributed by atoms with Crippen LogP contribution in [0.2, 0.25) is 0 Å². The third-order valence-electron chi connectivity index (χ3n) is 6.80. The number of carboxylic acid groups (broad SMARTS) is 1. The summed E-state index contributed by atoms with van der Waals surface area (Å²) in [5, 5.41) is 12.2. The minimum atomic E-state index is -1.22. The Morgan fingerprint density at radius 2 is 1.41 bits per heavy atom. The Labute approximate surface area is 245 Å². The number of amides is 1. The SMILES string of the molecule is O=C(N[C@H](Cc1ccc(OC(=O)OCc2ccccc2Br)cc1)C(=O)O)OCC1c2ccccc2-c2ccccc21. The lowest BCUT2D eigenvalue weighted by molar-refractivity contribution is -0.139. The van der Waals surface area contributed by atoms with E-state index in [2.05, 4.69) is 21.2 Å². The summed E-state index contributed by atoms with van der Waals surface area (Å²) < 4.78 is 16.7. The smallest absolute Gasteiger partial charge is 0.480 e. The molecule has 0 saturated carbocycles. The average Bonchev–Trinajstić information content (AvgIpc) is 3.30. The van der Waals surface area contributed by atoms with E-state index >= 15 is 0 Å². The molecule has 0 saturated heterocycles. The van der Waals surface area contributed by atoms with Crippen molar-refractivity contribution in [1.29, 1.82) is 0 Å². The van der Waals surface area contributed by atoms with Crippen LogP contribution in [0.25, 0.3) is 11.1 Å². The number of carbonyl (C=O) groups excluding carboxylic acids is 2. The maximum absolute atomic E-state index is 12.6. The highest BCUT2D eigenvalue weighted by molar-refractivity contribution is 9.10. The summed E-state index contributed by atoms with van der Waals surface area (Å²) in [5.41, 5.74) is 5.75. The van der Waals surface area contributed by atoms with E-state index in [1.54, 1.807) is 12.1 Å². The summed E-state index contributed by atoms with van der Waals surface area (Å²) in [7, 11) is 0. The second-order valence-corrected chi connectivity index (χ2v) is 10.3. The summed E-state index contributed by atoms with van der Waals surface area (Å²) in [6.07, 6.45) is -1.67. The van der Waals surface area contributed by atoms with Crippen molar-refractivity contribution in [3.63, 3.8) is 0 Å². The number of halogens is 1. The molecule has 208 valence electrons. The number of fused-ring (bicyclic) bond motifs is 3. The minimum Gasteiger partial charge on any atom is -0.480 e. The minimum absolute atomic E-state index is 0.00624. The fraction of sp³-hybridized carbons (Fsp3) is 0.156. The van der Waals surface area contributed by atoms with E-state index in [9.17, 15) is 19.5 Å². The largest absolute Gasteiger partial charge is 0.514 e. The van der Waals surface area contributed by atoms with Gasteiger partial charge in [0.2, 0.25) is 0 Å². The molecule has 2 N–H and O–H groups in total. The summed E-state index contributed by atoms with van der Waals surface area (Å²) >= 11 is 3.39. The van der Waals surface area contributed by atoms with Crippen molar-refractivity contribution < 1.29 is 33.7 Å². The highest BCUT2D eigenvalue weighted by atomic mass is 79.9. The maximum Gasteiger partial charge on any atom is 0.514 e. The van der Waals surface area contributed by atoms with Crippen LogP contribution >= 0.6 is 15.9 Å². The van der Waals surface area contributed by atoms with Gasteiger partial charge in [-0.1, -0.05) is 94.8 Å². The lowest BCUT2D eigenvalue weighted by Gasteiger charge is -2.17. The van der Waals surface area contributed by atoms with Crippen LogP contribution in [0.15, 0.2) is 102 Å². The zero-order valence-corrected chi connectivity index (χ0v) is 23.4. The van der Waals surface area contributed by atoms with Crippen LogP contribution in [0.1, 0.15) is 28.2 Å². The number of carbonyl (C=O) groups is 3. The van der Waals surface area contributed by atoms with Crippen molar-refractivity contribution in [3.8, 4) is 16.9 Å². The van der Waals surface area contributed by atoms with Crippen molar-refractivity contribution in [2.75, 3.05) is 6.61 Å². The zero-order valence-electron chi connectivity index (χ0n) is 21.8. The second-order valence-electron chi connectivity index (χ2n) is 9.44. The first-order chi connectivity index (χ1) is 19.9. The number of aliphatic carboxylic acids is 1. The van der Waals surface area contributed by atoms with E-state index in [4.69, 9.17) is 14.2 Å². The van der Waals surface area contributed by atoms with Gasteiger partial charge in [-0.15, -0.1) is 0 Å². The van der Waals surface area contributed by atoms with Crippen LogP contribution < -0.4 is 10.1 Å². The van der Waals surface area contributed by atoms with Gasteiger partial charge in [0.15, 0.2) is 0 Å². The van der Waals surface area contributed by atoms with Gasteiger partial charge < -0.3 is 24.6 Å². The molecule has 0 unspecified atom stereocenters. The highest BCUT2D eigenvalue weighted by Crippen LogP contribution is 2.44. The third kappa shape index (κ3) is 6.75. The number of hydrogen-bond donors (Lipinski definition) is 2. The summed E-state index contributed by atoms with van der Waals surface area (Å²) in [6, 6.07) is 28.4. The Morgan fingerprint density at radius 3 is 2.05 bits per heavy atom. The van der Waals surface area contributed by atoms with Gasteiger partial charge in [0.25, 0.3) is 0 Å². The van der Waals surface area contributed by atoms with E-state index in [0.29, 0.717) is 5.56 Å². The highest BCUT2D eigenvalue weighted by Gasteiger charge is 2.29. The standard InChI is InChI=1S/C32H26BrNO7/c33-28-12-6-1-7-21(28)18-40-32(38)41-22-15-13-20(14-16-22)17-29(30(35)36)34-31(37)39-19-27-25-10-4-2-8-23(25)24-9-3-5-11-26(24)27/h1-16,27,29H,17-19H2,(H,34,37)(H,35,36)/t29-/m1/s1. The van der Waals surface area contributed by atoms with Crippen LogP contribution in [-0.2, 0) is 27.3 Å². The van der Waals surface area contributed by atoms with Gasteiger partial charge in [-0.3, -0.25) is 0 Å². The van der Waals surface area contributed by atoms with E-state index < -0.39 is 24.3 Å². The van der Waals surface area contributed by atoms with E-state index in [1.165, 1.54) is 12.1 Å². The molecule has 4 aromatic carbocycles. The molecule has 5 rings (SSSR count). The van der Waals surface area contributed by atoms with Crippen molar-refractivity contribution in [1.82, 2.24) is 5.32 Å². The molecule has 1 aliphatic rings. The molecule has 1 amide bonds. The van der Waals surface area contributed by atoms with Gasteiger partial charge in [0.05, 0.1) is 0 Å². The molecule has 1 aliphatic carbocycles.